The molecule has 2 aliphatic heterocycles. The summed E-state index contributed by atoms with van der Waals surface area (Å²) in [6.07, 6.45) is 12.0. The molecule has 18 heteroatoms. The van der Waals surface area contributed by atoms with E-state index in [1.54, 1.807) is 19.2 Å². The van der Waals surface area contributed by atoms with Gasteiger partial charge in [0.1, 0.15) is 16.7 Å². The Labute approximate surface area is 372 Å². The van der Waals surface area contributed by atoms with Crippen molar-refractivity contribution in [1.29, 1.82) is 0 Å². The number of unbranched alkanes of at least 4 members (excludes halogenated alkanes) is 2. The van der Waals surface area contributed by atoms with Crippen LogP contribution in [0.4, 0.5) is 11.4 Å². The number of hydrogen-bond donors (Lipinski definition) is 2. The van der Waals surface area contributed by atoms with Crippen molar-refractivity contribution in [3.8, 4) is 0 Å². The van der Waals surface area contributed by atoms with Gasteiger partial charge in [-0.25, -0.2) is 8.42 Å². The summed E-state index contributed by atoms with van der Waals surface area (Å²) in [5, 5.41) is 9.18. The van der Waals surface area contributed by atoms with E-state index in [0.717, 1.165) is 28.3 Å². The number of carbonyl (C=O) groups is 1. The van der Waals surface area contributed by atoms with Crippen LogP contribution < -0.4 is 4.90 Å². The summed E-state index contributed by atoms with van der Waals surface area (Å²) >= 11 is 0. The van der Waals surface area contributed by atoms with Crippen molar-refractivity contribution in [1.82, 2.24) is 0 Å². The highest BCUT2D eigenvalue weighted by Crippen LogP contribution is 2.51. The smallest absolute Gasteiger partial charge is 0.303 e. The largest absolute Gasteiger partial charge is 0.744 e. The van der Waals surface area contributed by atoms with Gasteiger partial charge in [-0.05, 0) is 88.9 Å². The van der Waals surface area contributed by atoms with E-state index in [0.29, 0.717) is 117 Å². The average Bonchev–Trinajstić information content (AvgIpc) is 3.59. The number of methoxy groups -OCH3 is 1. The van der Waals surface area contributed by atoms with Crippen molar-refractivity contribution in [3.05, 3.63) is 83.6 Å². The minimum atomic E-state index is -4.63. The molecule has 0 radical (unpaired) electrons. The van der Waals surface area contributed by atoms with Gasteiger partial charge < -0.3 is 43.0 Å². The number of ether oxygens (including phenoxy) is 6. The van der Waals surface area contributed by atoms with Crippen molar-refractivity contribution in [2.24, 2.45) is 0 Å². The van der Waals surface area contributed by atoms with Gasteiger partial charge in [-0.3, -0.25) is 9.35 Å². The molecule has 63 heavy (non-hydrogen) atoms. The predicted octanol–water partition coefficient (Wildman–Crippen LogP) is 5.77. The number of nitrogens with zero attached hydrogens (tertiary/aromatic N) is 2. The van der Waals surface area contributed by atoms with E-state index in [-0.39, 0.29) is 16.2 Å². The maximum Gasteiger partial charge on any atom is 0.303 e. The molecular formula is C45H64N2O14S2. The summed E-state index contributed by atoms with van der Waals surface area (Å²) in [4.78, 5) is 12.8. The topological polar surface area (TPSA) is 210 Å². The highest BCUT2D eigenvalue weighted by Gasteiger charge is 2.45. The van der Waals surface area contributed by atoms with E-state index in [1.165, 1.54) is 24.3 Å². The summed E-state index contributed by atoms with van der Waals surface area (Å²) in [6, 6.07) is 9.06. The van der Waals surface area contributed by atoms with Gasteiger partial charge in [-0.2, -0.15) is 13.0 Å². The molecule has 0 aliphatic carbocycles. The maximum atomic E-state index is 12.4. The van der Waals surface area contributed by atoms with E-state index in [9.17, 15) is 35.8 Å². The molecule has 0 saturated heterocycles. The minimum absolute atomic E-state index is 0.0641. The fourth-order valence-corrected chi connectivity index (χ4v) is 8.83. The molecule has 0 aromatic heterocycles. The van der Waals surface area contributed by atoms with Gasteiger partial charge in [0.25, 0.3) is 10.1 Å². The molecule has 16 nitrogen and oxygen atoms in total. The standard InChI is InChI=1S/C45H64N2O14S2/c1-6-46-39-18-16-35(62(50,51)52)33-37(39)44(2,3)41(46)13-9-7-10-14-42-45(4,20-22-57-25-26-59-29-30-61-32-31-60-28-27-58-24-23-56-5)38-34-36(63(53,54)55)17-19-40(38)47(42)21-12-8-11-15-43(48)49/h7,9-10,13-14,16-19,33-34H,6,8,11-12,15,20-32H2,1-5H3,(H2-,48,49,50,51,52,53,54,55). The van der Waals surface area contributed by atoms with Gasteiger partial charge in [-0.15, -0.1) is 0 Å². The maximum absolute atomic E-state index is 12.4. The zero-order valence-electron chi connectivity index (χ0n) is 37.1. The number of allylic oxidation sites excluding steroid dienone is 6. The summed E-state index contributed by atoms with van der Waals surface area (Å²) in [6.45, 7) is 13.8. The molecule has 0 spiro atoms. The number of benzene rings is 2. The SMILES string of the molecule is CC[N+]1=C(C=CC=CC=C2N(CCCCCC(=O)O)c3ccc(S(=O)(=O)O)cc3C2(C)CCOCCOCCOCCOCCOCCOC)C(C)(C)c2cc(S(=O)(=O)[O-])ccc21. The number of carboxylic acids is 1. The van der Waals surface area contributed by atoms with E-state index in [2.05, 4.69) is 9.48 Å². The second kappa shape index (κ2) is 24.5. The van der Waals surface area contributed by atoms with Crippen molar-refractivity contribution in [2.45, 2.75) is 80.4 Å². The van der Waals surface area contributed by atoms with Crippen molar-refractivity contribution >= 4 is 43.3 Å². The van der Waals surface area contributed by atoms with Gasteiger partial charge >= 0.3 is 5.97 Å². The summed E-state index contributed by atoms with van der Waals surface area (Å²) in [5.74, 6) is -0.855. The lowest BCUT2D eigenvalue weighted by Crippen LogP contribution is -2.30. The molecule has 1 atom stereocenters. The molecule has 1 unspecified atom stereocenters. The predicted molar refractivity (Wildman–Crippen MR) is 237 cm³/mol. The molecule has 4 rings (SSSR count). The first-order chi connectivity index (χ1) is 30.0. The molecule has 2 aromatic rings. The van der Waals surface area contributed by atoms with E-state index >= 15 is 0 Å². The van der Waals surface area contributed by atoms with Gasteiger partial charge in [0, 0.05) is 61.2 Å². The minimum Gasteiger partial charge on any atom is -0.744 e. The quantitative estimate of drug-likeness (QED) is 0.0412. The van der Waals surface area contributed by atoms with Gasteiger partial charge in [0.2, 0.25) is 5.69 Å². The van der Waals surface area contributed by atoms with Crippen molar-refractivity contribution in [2.75, 3.05) is 97.8 Å². The van der Waals surface area contributed by atoms with Gasteiger partial charge in [0.15, 0.2) is 5.71 Å². The molecule has 0 saturated carbocycles. The molecule has 0 bridgehead atoms. The molecule has 0 fully saturated rings. The number of rotatable bonds is 30. The molecule has 2 aliphatic rings. The van der Waals surface area contributed by atoms with E-state index in [1.807, 2.05) is 58.1 Å². The number of carboxylic acid groups (broad SMARTS) is 1. The highest BCUT2D eigenvalue weighted by atomic mass is 32.2. The Bertz CT molecular complexity index is 2180. The third kappa shape index (κ3) is 14.6. The Morgan fingerprint density at radius 3 is 1.89 bits per heavy atom. The van der Waals surface area contributed by atoms with Gasteiger partial charge in [-0.1, -0.05) is 24.6 Å². The molecule has 350 valence electrons. The number of fused-ring (bicyclic) bond motifs is 2. The van der Waals surface area contributed by atoms with Crippen molar-refractivity contribution in [3.63, 3.8) is 0 Å². The Balaban J connectivity index is 1.48. The Kier molecular flexibility index (Phi) is 20.1. The first-order valence-corrected chi connectivity index (χ1v) is 24.1. The van der Waals surface area contributed by atoms with Crippen LogP contribution in [0.2, 0.25) is 0 Å². The summed E-state index contributed by atoms with van der Waals surface area (Å²) in [5.41, 5.74) is 3.49. The second-order valence-electron chi connectivity index (χ2n) is 15.8. The highest BCUT2D eigenvalue weighted by molar-refractivity contribution is 7.86. The van der Waals surface area contributed by atoms with Crippen LogP contribution in [0.3, 0.4) is 0 Å². The molecule has 2 heterocycles. The van der Waals surface area contributed by atoms with Crippen LogP contribution in [0.15, 0.2) is 82.3 Å². The first-order valence-electron chi connectivity index (χ1n) is 21.3. The third-order valence-corrected chi connectivity index (χ3v) is 12.8. The number of hydrogen-bond acceptors (Lipinski definition) is 13. The average molecular weight is 921 g/mol. The van der Waals surface area contributed by atoms with Crippen LogP contribution in [-0.2, 0) is 64.3 Å². The third-order valence-electron chi connectivity index (χ3n) is 11.1. The van der Waals surface area contributed by atoms with Crippen LogP contribution >= 0.6 is 0 Å². The number of aliphatic carboxylic acids is 1. The van der Waals surface area contributed by atoms with Crippen LogP contribution in [0, 0.1) is 0 Å². The van der Waals surface area contributed by atoms with Crippen LogP contribution in [0.25, 0.3) is 0 Å². The van der Waals surface area contributed by atoms with Crippen LogP contribution in [0.5, 0.6) is 0 Å². The first kappa shape index (κ1) is 51.8. The molecular weight excluding hydrogens is 857 g/mol. The van der Waals surface area contributed by atoms with E-state index in [4.69, 9.17) is 28.4 Å². The number of anilines is 1. The zero-order valence-corrected chi connectivity index (χ0v) is 38.7. The Morgan fingerprint density at radius 2 is 1.33 bits per heavy atom. The lowest BCUT2D eigenvalue weighted by molar-refractivity contribution is -0.433. The fraction of sp³-hybridized carbons (Fsp3) is 0.556. The summed E-state index contributed by atoms with van der Waals surface area (Å²) < 4.78 is 105. The van der Waals surface area contributed by atoms with Gasteiger partial charge in [0.05, 0.1) is 81.3 Å². The molecule has 0 amide bonds. The zero-order chi connectivity index (χ0) is 46.1. The van der Waals surface area contributed by atoms with Crippen LogP contribution in [-0.4, -0.2) is 140 Å². The normalized spacial score (nSPS) is 18.1. The molecule has 2 aromatic carbocycles. The van der Waals surface area contributed by atoms with E-state index < -0.39 is 37.0 Å². The second-order valence-corrected chi connectivity index (χ2v) is 18.6. The van der Waals surface area contributed by atoms with Crippen LogP contribution in [0.1, 0.15) is 70.9 Å². The fourth-order valence-electron chi connectivity index (χ4n) is 7.83. The molecule has 2 N–H and O–H groups in total. The summed E-state index contributed by atoms with van der Waals surface area (Å²) in [7, 11) is -7.53. The Hall–Kier alpha value is -3.82. The lowest BCUT2D eigenvalue weighted by atomic mass is 9.78. The van der Waals surface area contributed by atoms with Crippen molar-refractivity contribution < 1.29 is 68.8 Å². The Morgan fingerprint density at radius 1 is 0.762 bits per heavy atom. The lowest BCUT2D eigenvalue weighted by Gasteiger charge is -2.30. The monoisotopic (exact) mass is 920 g/mol.